The molecule has 17 heavy (non-hydrogen) atoms. The molecule has 0 aliphatic carbocycles. The molecule has 0 spiro atoms. The van der Waals surface area contributed by atoms with E-state index in [9.17, 15) is 4.79 Å². The van der Waals surface area contributed by atoms with Crippen molar-refractivity contribution in [1.29, 1.82) is 5.26 Å². The van der Waals surface area contributed by atoms with Crippen molar-refractivity contribution in [2.75, 3.05) is 6.61 Å². The van der Waals surface area contributed by atoms with Crippen LogP contribution in [0.2, 0.25) is 0 Å². The summed E-state index contributed by atoms with van der Waals surface area (Å²) < 4.78 is 4.92. The topological polar surface area (TPSA) is 50.1 Å². The lowest BCUT2D eigenvalue weighted by molar-refractivity contribution is -0.142. The van der Waals surface area contributed by atoms with Gasteiger partial charge in [0.15, 0.2) is 0 Å². The largest absolute Gasteiger partial charge is 0.465 e. The van der Waals surface area contributed by atoms with Gasteiger partial charge in [-0.2, -0.15) is 5.26 Å². The minimum absolute atomic E-state index is 0.294. The highest BCUT2D eigenvalue weighted by Crippen LogP contribution is 2.33. The Labute approximate surface area is 117 Å². The molecule has 0 aromatic heterocycles. The first-order valence-electron chi connectivity index (χ1n) is 5.05. The molecule has 0 bridgehead atoms. The number of rotatable bonds is 4. The Morgan fingerprint density at radius 3 is 2.71 bits per heavy atom. The number of carbonyl (C=O) groups is 1. The Morgan fingerprint density at radius 1 is 1.47 bits per heavy atom. The van der Waals surface area contributed by atoms with E-state index in [0.29, 0.717) is 12.2 Å². The number of nitriles is 1. The van der Waals surface area contributed by atoms with Gasteiger partial charge in [0.05, 0.1) is 23.1 Å². The smallest absolute Gasteiger partial charge is 0.321 e. The second-order valence-electron chi connectivity index (χ2n) is 3.25. The van der Waals surface area contributed by atoms with Crippen LogP contribution in [0.25, 0.3) is 0 Å². The van der Waals surface area contributed by atoms with Gasteiger partial charge < -0.3 is 4.74 Å². The average molecular weight is 361 g/mol. The van der Waals surface area contributed by atoms with Gasteiger partial charge in [0, 0.05) is 0 Å². The number of alkyl halides is 2. The summed E-state index contributed by atoms with van der Waals surface area (Å²) in [6.45, 7) is 2.09. The molecule has 3 nitrogen and oxygen atoms in total. The number of esters is 1. The fourth-order valence-electron chi connectivity index (χ4n) is 1.34. The highest BCUT2D eigenvalue weighted by atomic mass is 79.9. The molecule has 1 aromatic rings. The summed E-state index contributed by atoms with van der Waals surface area (Å²) in [5, 5.41) is 8.99. The van der Waals surface area contributed by atoms with Gasteiger partial charge in [-0.3, -0.25) is 4.79 Å². The lowest BCUT2D eigenvalue weighted by atomic mass is 10.0. The molecule has 0 radical (unpaired) electrons. The Hall–Kier alpha value is -0.860. The molecule has 1 rings (SSSR count). The van der Waals surface area contributed by atoms with E-state index in [4.69, 9.17) is 10.00 Å². The molecule has 0 N–H and O–H groups in total. The summed E-state index contributed by atoms with van der Waals surface area (Å²) in [6, 6.07) is 9.24. The molecule has 90 valence electrons. The Kier molecular flexibility index (Phi) is 5.66. The first kappa shape index (κ1) is 14.2. The molecule has 1 aromatic carbocycles. The van der Waals surface area contributed by atoms with E-state index in [-0.39, 0.29) is 10.8 Å². The van der Waals surface area contributed by atoms with Crippen molar-refractivity contribution in [2.45, 2.75) is 16.6 Å². The van der Waals surface area contributed by atoms with Gasteiger partial charge in [-0.15, -0.1) is 0 Å². The highest BCUT2D eigenvalue weighted by molar-refractivity contribution is 9.12. The zero-order valence-electron chi connectivity index (χ0n) is 9.19. The first-order chi connectivity index (χ1) is 8.11. The van der Waals surface area contributed by atoms with Gasteiger partial charge in [0.25, 0.3) is 0 Å². The van der Waals surface area contributed by atoms with Crippen LogP contribution in [0, 0.1) is 11.3 Å². The molecule has 0 amide bonds. The molecule has 2 atom stereocenters. The Balaban J connectivity index is 2.93. The van der Waals surface area contributed by atoms with E-state index in [2.05, 4.69) is 37.9 Å². The standard InChI is InChI=1S/C12H11Br2NO2/c1-2-17-12(16)11(14)10(13)9-6-4-3-5-8(9)7-15/h3-6,10-11H,2H2,1H3. The van der Waals surface area contributed by atoms with Crippen LogP contribution in [0.3, 0.4) is 0 Å². The predicted octanol–water partition coefficient (Wildman–Crippen LogP) is 3.32. The van der Waals surface area contributed by atoms with Crippen LogP contribution in [0.4, 0.5) is 0 Å². The molecule has 0 saturated carbocycles. The first-order valence-corrected chi connectivity index (χ1v) is 6.88. The van der Waals surface area contributed by atoms with Gasteiger partial charge in [0.1, 0.15) is 4.83 Å². The van der Waals surface area contributed by atoms with Crippen LogP contribution in [0.1, 0.15) is 22.9 Å². The average Bonchev–Trinajstić information content (AvgIpc) is 2.37. The van der Waals surface area contributed by atoms with Gasteiger partial charge in [-0.25, -0.2) is 0 Å². The zero-order chi connectivity index (χ0) is 12.8. The SMILES string of the molecule is CCOC(=O)C(Br)C(Br)c1ccccc1C#N. The molecule has 2 unspecified atom stereocenters. The van der Waals surface area contributed by atoms with Crippen molar-refractivity contribution >= 4 is 37.8 Å². The van der Waals surface area contributed by atoms with E-state index in [1.807, 2.05) is 12.1 Å². The molecule has 5 heteroatoms. The maximum absolute atomic E-state index is 11.6. The van der Waals surface area contributed by atoms with Crippen molar-refractivity contribution in [1.82, 2.24) is 0 Å². The minimum atomic E-state index is -0.517. The molecule has 0 fully saturated rings. The summed E-state index contributed by atoms with van der Waals surface area (Å²) in [7, 11) is 0. The van der Waals surface area contributed by atoms with Crippen LogP contribution in [-0.2, 0) is 9.53 Å². The number of hydrogen-bond acceptors (Lipinski definition) is 3. The van der Waals surface area contributed by atoms with Gasteiger partial charge in [-0.1, -0.05) is 50.1 Å². The predicted molar refractivity (Wildman–Crippen MR) is 72.2 cm³/mol. The molecule has 0 aliphatic rings. The Morgan fingerprint density at radius 2 is 2.12 bits per heavy atom. The van der Waals surface area contributed by atoms with E-state index < -0.39 is 4.83 Å². The third-order valence-corrected chi connectivity index (χ3v) is 4.78. The Bertz CT molecular complexity index is 442. The number of carbonyl (C=O) groups excluding carboxylic acids is 1. The van der Waals surface area contributed by atoms with Gasteiger partial charge in [0.2, 0.25) is 0 Å². The van der Waals surface area contributed by atoms with E-state index >= 15 is 0 Å². The van der Waals surface area contributed by atoms with Crippen molar-refractivity contribution in [3.05, 3.63) is 35.4 Å². The summed E-state index contributed by atoms with van der Waals surface area (Å²) in [6.07, 6.45) is 0. The third-order valence-electron chi connectivity index (χ3n) is 2.15. The molecular formula is C12H11Br2NO2. The second-order valence-corrected chi connectivity index (χ2v) is 5.23. The molecule has 0 aliphatic heterocycles. The lowest BCUT2D eigenvalue weighted by Gasteiger charge is -2.16. The van der Waals surface area contributed by atoms with Crippen LogP contribution in [0.15, 0.2) is 24.3 Å². The lowest BCUT2D eigenvalue weighted by Crippen LogP contribution is -2.22. The molecular weight excluding hydrogens is 350 g/mol. The summed E-state index contributed by atoms with van der Waals surface area (Å²) in [4.78, 5) is 10.8. The summed E-state index contributed by atoms with van der Waals surface area (Å²) in [5.41, 5.74) is 1.31. The quantitative estimate of drug-likeness (QED) is 0.611. The number of nitrogens with zero attached hydrogens (tertiary/aromatic N) is 1. The van der Waals surface area contributed by atoms with E-state index in [0.717, 1.165) is 5.56 Å². The van der Waals surface area contributed by atoms with Gasteiger partial charge in [-0.05, 0) is 18.6 Å². The van der Waals surface area contributed by atoms with Crippen LogP contribution in [0.5, 0.6) is 0 Å². The second kappa shape index (κ2) is 6.77. The zero-order valence-corrected chi connectivity index (χ0v) is 12.4. The van der Waals surface area contributed by atoms with Crippen LogP contribution < -0.4 is 0 Å². The highest BCUT2D eigenvalue weighted by Gasteiger charge is 2.27. The summed E-state index contributed by atoms with van der Waals surface area (Å²) in [5.74, 6) is -0.345. The monoisotopic (exact) mass is 359 g/mol. The number of halogens is 2. The van der Waals surface area contributed by atoms with Crippen molar-refractivity contribution in [3.63, 3.8) is 0 Å². The fraction of sp³-hybridized carbons (Fsp3) is 0.333. The maximum Gasteiger partial charge on any atom is 0.321 e. The van der Waals surface area contributed by atoms with Crippen molar-refractivity contribution in [3.8, 4) is 6.07 Å². The van der Waals surface area contributed by atoms with Crippen LogP contribution >= 0.6 is 31.9 Å². The van der Waals surface area contributed by atoms with Crippen molar-refractivity contribution < 1.29 is 9.53 Å². The molecule has 0 heterocycles. The normalized spacial score (nSPS) is 13.5. The maximum atomic E-state index is 11.6. The number of ether oxygens (including phenoxy) is 1. The van der Waals surface area contributed by atoms with Gasteiger partial charge >= 0.3 is 5.97 Å². The third kappa shape index (κ3) is 3.55. The van der Waals surface area contributed by atoms with E-state index in [1.54, 1.807) is 19.1 Å². The van der Waals surface area contributed by atoms with Crippen LogP contribution in [-0.4, -0.2) is 17.4 Å². The van der Waals surface area contributed by atoms with E-state index in [1.165, 1.54) is 0 Å². The van der Waals surface area contributed by atoms with Crippen molar-refractivity contribution in [2.24, 2.45) is 0 Å². The molecule has 0 saturated heterocycles. The fourth-order valence-corrected chi connectivity index (χ4v) is 2.37. The summed E-state index contributed by atoms with van der Waals surface area (Å²) >= 11 is 6.69. The minimum Gasteiger partial charge on any atom is -0.465 e. The number of hydrogen-bond donors (Lipinski definition) is 0. The number of benzene rings is 1.